The van der Waals surface area contributed by atoms with E-state index < -0.39 is 96.0 Å². The van der Waals surface area contributed by atoms with Crippen LogP contribution >= 0.6 is 0 Å². The van der Waals surface area contributed by atoms with Gasteiger partial charge in [-0.1, -0.05) is 117 Å². The first-order chi connectivity index (χ1) is 31.7. The van der Waals surface area contributed by atoms with Crippen LogP contribution in [0.2, 0.25) is 0 Å². The second kappa shape index (κ2) is 26.3. The van der Waals surface area contributed by atoms with E-state index in [0.717, 1.165) is 49.1 Å². The Morgan fingerprint density at radius 1 is 0.652 bits per heavy atom. The average Bonchev–Trinajstić information content (AvgIpc) is 3.30. The standard InChI is InChI=1S/C48H64O17S/c1-33(49)58-31-39-42(59-28-35-20-12-9-13-21-35)43(60-29-36-22-14-10-15-23-36)44(61-30-37-24-16-11-17-25-37)46(64-39)48(53)45(63-34(2)50)41(52)38(32-62-66(4,54)55)65-47(48)57-27-19-8-6-5-7-18-26-40(51)56-3/h9-17,20-25,38-39,41-47,52-53H,5-8,18-19,26-32H2,1-4H3/t38-,39-,41-,42-,43+,44-,45+,46-,47+,48+/m1/s1. The molecule has 17 nitrogen and oxygen atoms in total. The molecule has 3 aromatic carbocycles. The van der Waals surface area contributed by atoms with E-state index in [1.165, 1.54) is 14.0 Å². The molecule has 2 fully saturated rings. The average molecular weight is 945 g/mol. The predicted octanol–water partition coefficient (Wildman–Crippen LogP) is 4.72. The van der Waals surface area contributed by atoms with Crippen LogP contribution in [0.1, 0.15) is 75.5 Å². The van der Waals surface area contributed by atoms with Gasteiger partial charge in [0.15, 0.2) is 18.0 Å². The number of carbonyl (C=O) groups excluding carboxylic acids is 3. The van der Waals surface area contributed by atoms with Crippen molar-refractivity contribution in [3.63, 3.8) is 0 Å². The van der Waals surface area contributed by atoms with Gasteiger partial charge in [-0.2, -0.15) is 8.42 Å². The molecule has 66 heavy (non-hydrogen) atoms. The van der Waals surface area contributed by atoms with E-state index in [9.17, 15) is 33.0 Å². The molecular weight excluding hydrogens is 881 g/mol. The summed E-state index contributed by atoms with van der Waals surface area (Å²) < 4.78 is 85.1. The van der Waals surface area contributed by atoms with E-state index in [1.807, 2.05) is 91.0 Å². The van der Waals surface area contributed by atoms with E-state index >= 15 is 0 Å². The van der Waals surface area contributed by atoms with Crippen LogP contribution in [0.3, 0.4) is 0 Å². The zero-order valence-corrected chi connectivity index (χ0v) is 38.8. The largest absolute Gasteiger partial charge is 0.469 e. The fraction of sp³-hybridized carbons (Fsp3) is 0.562. The highest BCUT2D eigenvalue weighted by atomic mass is 32.2. The van der Waals surface area contributed by atoms with Gasteiger partial charge in [0.25, 0.3) is 10.1 Å². The second-order valence-electron chi connectivity index (χ2n) is 16.4. The van der Waals surface area contributed by atoms with Crippen molar-refractivity contribution in [2.75, 3.05) is 33.2 Å². The number of aliphatic hydroxyl groups excluding tert-OH is 1. The number of rotatable bonds is 26. The topological polar surface area (TPSA) is 218 Å². The quantitative estimate of drug-likeness (QED) is 0.0482. The lowest BCUT2D eigenvalue weighted by molar-refractivity contribution is -0.391. The third kappa shape index (κ3) is 15.9. The van der Waals surface area contributed by atoms with Crippen LogP contribution in [0, 0.1) is 0 Å². The molecule has 10 atom stereocenters. The van der Waals surface area contributed by atoms with Crippen LogP contribution in [-0.4, -0.2) is 130 Å². The molecule has 2 heterocycles. The smallest absolute Gasteiger partial charge is 0.305 e. The van der Waals surface area contributed by atoms with Crippen LogP contribution in [0.15, 0.2) is 91.0 Å². The van der Waals surface area contributed by atoms with Crippen molar-refractivity contribution >= 4 is 28.0 Å². The van der Waals surface area contributed by atoms with Crippen LogP contribution in [0.5, 0.6) is 0 Å². The van der Waals surface area contributed by atoms with Gasteiger partial charge in [-0.05, 0) is 29.5 Å². The molecule has 2 aliphatic rings. The highest BCUT2D eigenvalue weighted by Gasteiger charge is 2.67. The first-order valence-corrected chi connectivity index (χ1v) is 24.0. The van der Waals surface area contributed by atoms with Crippen molar-refractivity contribution in [1.82, 2.24) is 0 Å². The van der Waals surface area contributed by atoms with Gasteiger partial charge >= 0.3 is 17.9 Å². The zero-order chi connectivity index (χ0) is 47.5. The van der Waals surface area contributed by atoms with Crippen LogP contribution in [0.25, 0.3) is 0 Å². The Morgan fingerprint density at radius 3 is 1.68 bits per heavy atom. The first kappa shape index (κ1) is 52.6. The van der Waals surface area contributed by atoms with Gasteiger partial charge in [0.1, 0.15) is 49.3 Å². The molecule has 0 aromatic heterocycles. The molecule has 3 aromatic rings. The maximum absolute atomic E-state index is 13.5. The highest BCUT2D eigenvalue weighted by Crippen LogP contribution is 2.44. The molecule has 0 unspecified atom stereocenters. The molecular formula is C48H64O17S. The van der Waals surface area contributed by atoms with Gasteiger partial charge in [0, 0.05) is 26.9 Å². The summed E-state index contributed by atoms with van der Waals surface area (Å²) in [6.45, 7) is 1.20. The summed E-state index contributed by atoms with van der Waals surface area (Å²) in [7, 11) is -2.72. The van der Waals surface area contributed by atoms with Gasteiger partial charge in [-0.15, -0.1) is 0 Å². The minimum absolute atomic E-state index is 0.0203. The summed E-state index contributed by atoms with van der Waals surface area (Å²) in [5.74, 6) is -1.81. The fourth-order valence-electron chi connectivity index (χ4n) is 7.96. The summed E-state index contributed by atoms with van der Waals surface area (Å²) in [5.41, 5.74) is -0.327. The molecule has 2 N–H and O–H groups in total. The lowest BCUT2D eigenvalue weighted by atomic mass is 9.76. The number of methoxy groups -OCH3 is 1. The maximum atomic E-state index is 13.5. The zero-order valence-electron chi connectivity index (χ0n) is 38.0. The molecule has 2 aliphatic heterocycles. The summed E-state index contributed by atoms with van der Waals surface area (Å²) in [6, 6.07) is 27.8. The van der Waals surface area contributed by atoms with Crippen molar-refractivity contribution in [1.29, 1.82) is 0 Å². The monoisotopic (exact) mass is 944 g/mol. The van der Waals surface area contributed by atoms with Gasteiger partial charge in [-0.3, -0.25) is 18.6 Å². The summed E-state index contributed by atoms with van der Waals surface area (Å²) in [4.78, 5) is 36.9. The lowest BCUT2D eigenvalue weighted by Crippen LogP contribution is -2.78. The number of hydrogen-bond acceptors (Lipinski definition) is 17. The van der Waals surface area contributed by atoms with Crippen molar-refractivity contribution in [3.8, 4) is 0 Å². The van der Waals surface area contributed by atoms with Crippen LogP contribution in [-0.2, 0) is 91.1 Å². The number of esters is 3. The van der Waals surface area contributed by atoms with Crippen molar-refractivity contribution in [2.45, 2.75) is 139 Å². The van der Waals surface area contributed by atoms with Gasteiger partial charge < -0.3 is 52.8 Å². The number of hydrogen-bond donors (Lipinski definition) is 2. The molecule has 364 valence electrons. The van der Waals surface area contributed by atoms with Crippen molar-refractivity contribution in [2.24, 2.45) is 0 Å². The molecule has 0 radical (unpaired) electrons. The minimum atomic E-state index is -4.07. The Labute approximate surface area is 387 Å². The third-order valence-corrected chi connectivity index (χ3v) is 11.8. The molecule has 0 spiro atoms. The number of ether oxygens (including phenoxy) is 9. The summed E-state index contributed by atoms with van der Waals surface area (Å²) >= 11 is 0. The number of carbonyl (C=O) groups is 3. The third-order valence-electron chi connectivity index (χ3n) is 11.2. The molecule has 0 bridgehead atoms. The highest BCUT2D eigenvalue weighted by molar-refractivity contribution is 7.85. The van der Waals surface area contributed by atoms with Crippen molar-refractivity contribution < 1.29 is 79.8 Å². The summed E-state index contributed by atoms with van der Waals surface area (Å²) in [5, 5.41) is 25.5. The SMILES string of the molecule is COC(=O)CCCCCCCCO[C@H]1O[C@H](COS(C)(=O)=O)[C@@H](O)[C@H](OC(C)=O)[C@]1(O)[C@@H]1O[C@H](COC(C)=O)[C@@H](OCc2ccccc2)[C@H](OCc2ccccc2)[C@H]1OCc1ccccc1. The lowest BCUT2D eigenvalue weighted by Gasteiger charge is -2.56. The van der Waals surface area contributed by atoms with Crippen LogP contribution < -0.4 is 0 Å². The van der Waals surface area contributed by atoms with Crippen molar-refractivity contribution in [3.05, 3.63) is 108 Å². The number of benzene rings is 3. The van der Waals surface area contributed by atoms with Gasteiger partial charge in [0.05, 0.1) is 39.8 Å². The molecule has 0 aliphatic carbocycles. The fourth-order valence-corrected chi connectivity index (χ4v) is 8.34. The summed E-state index contributed by atoms with van der Waals surface area (Å²) in [6.07, 6.45) is -8.09. The molecule has 2 saturated heterocycles. The Kier molecular flexibility index (Phi) is 20.9. The number of aliphatic hydroxyl groups is 2. The van der Waals surface area contributed by atoms with E-state index in [4.69, 9.17) is 46.8 Å². The first-order valence-electron chi connectivity index (χ1n) is 22.2. The normalized spacial score (nSPS) is 26.6. The molecule has 0 saturated carbocycles. The van der Waals surface area contributed by atoms with Crippen LogP contribution in [0.4, 0.5) is 0 Å². The maximum Gasteiger partial charge on any atom is 0.305 e. The van der Waals surface area contributed by atoms with Gasteiger partial charge in [0.2, 0.25) is 0 Å². The molecule has 5 rings (SSSR count). The van der Waals surface area contributed by atoms with E-state index in [1.54, 1.807) is 0 Å². The Balaban J connectivity index is 1.58. The predicted molar refractivity (Wildman–Crippen MR) is 237 cm³/mol. The Morgan fingerprint density at radius 2 is 1.17 bits per heavy atom. The van der Waals surface area contributed by atoms with E-state index in [-0.39, 0.29) is 32.4 Å². The number of unbranched alkanes of at least 4 members (excludes halogenated alkanes) is 5. The van der Waals surface area contributed by atoms with E-state index in [2.05, 4.69) is 0 Å². The minimum Gasteiger partial charge on any atom is -0.469 e. The van der Waals surface area contributed by atoms with Gasteiger partial charge in [-0.25, -0.2) is 0 Å². The van der Waals surface area contributed by atoms with E-state index in [0.29, 0.717) is 25.7 Å². The molecule has 0 amide bonds. The Hall–Kier alpha value is -4.34. The molecule has 18 heteroatoms. The Bertz CT molecular complexity index is 2020. The second-order valence-corrected chi connectivity index (χ2v) is 18.0.